The van der Waals surface area contributed by atoms with Crippen LogP contribution < -0.4 is 5.73 Å². The standard InChI is InChI=1S/C18H11NO.CH5N/c1-2-6-12-11(5-1)9-10-14-16(12)18-17(19-14)13-7-3-4-8-15(13)20-18;1-2/h1-10,19H;2H2,1H3. The van der Waals surface area contributed by atoms with Crippen LogP contribution in [0.4, 0.5) is 0 Å². The Kier molecular flexibility index (Phi) is 2.88. The number of aromatic nitrogens is 1. The largest absolute Gasteiger partial charge is 0.454 e. The van der Waals surface area contributed by atoms with E-state index < -0.39 is 0 Å². The predicted octanol–water partition coefficient (Wildman–Crippen LogP) is 4.80. The maximum atomic E-state index is 6.08. The van der Waals surface area contributed by atoms with E-state index in [0.29, 0.717) is 0 Å². The maximum absolute atomic E-state index is 6.08. The molecule has 0 aliphatic rings. The molecule has 3 nitrogen and oxygen atoms in total. The van der Waals surface area contributed by atoms with Gasteiger partial charge in [-0.25, -0.2) is 0 Å². The first-order valence-electron chi connectivity index (χ1n) is 7.30. The van der Waals surface area contributed by atoms with Gasteiger partial charge in [-0.2, -0.15) is 0 Å². The van der Waals surface area contributed by atoms with Crippen LogP contribution in [0.15, 0.2) is 65.1 Å². The van der Waals surface area contributed by atoms with E-state index in [1.54, 1.807) is 0 Å². The van der Waals surface area contributed by atoms with Gasteiger partial charge >= 0.3 is 0 Å². The number of H-pyrrole nitrogens is 1. The third kappa shape index (κ3) is 1.66. The van der Waals surface area contributed by atoms with Gasteiger partial charge in [-0.15, -0.1) is 0 Å². The quantitative estimate of drug-likeness (QED) is 0.430. The smallest absolute Gasteiger partial charge is 0.161 e. The van der Waals surface area contributed by atoms with Gasteiger partial charge in [0.15, 0.2) is 5.58 Å². The van der Waals surface area contributed by atoms with Gasteiger partial charge in [0.2, 0.25) is 0 Å². The molecule has 0 bridgehead atoms. The molecule has 3 heteroatoms. The minimum Gasteiger partial charge on any atom is -0.454 e. The number of hydrogen-bond acceptors (Lipinski definition) is 2. The lowest BCUT2D eigenvalue weighted by atomic mass is 10.1. The first kappa shape index (κ1) is 12.9. The summed E-state index contributed by atoms with van der Waals surface area (Å²) in [7, 11) is 1.50. The molecule has 0 saturated carbocycles. The van der Waals surface area contributed by atoms with Gasteiger partial charge in [0.1, 0.15) is 5.58 Å². The fourth-order valence-electron chi connectivity index (χ4n) is 3.10. The average molecular weight is 288 g/mol. The minimum absolute atomic E-state index is 0.934. The zero-order valence-corrected chi connectivity index (χ0v) is 12.3. The number of nitrogens with one attached hydrogen (secondary N) is 1. The van der Waals surface area contributed by atoms with E-state index >= 15 is 0 Å². The van der Waals surface area contributed by atoms with Crippen LogP contribution in [0.25, 0.3) is 43.7 Å². The number of benzene rings is 3. The molecule has 0 atom stereocenters. The molecule has 5 rings (SSSR count). The van der Waals surface area contributed by atoms with Gasteiger partial charge in [0.05, 0.1) is 16.4 Å². The van der Waals surface area contributed by atoms with Crippen molar-refractivity contribution in [2.45, 2.75) is 0 Å². The van der Waals surface area contributed by atoms with Gasteiger partial charge in [-0.1, -0.05) is 42.5 Å². The Morgan fingerprint density at radius 2 is 1.55 bits per heavy atom. The van der Waals surface area contributed by atoms with Crippen molar-refractivity contribution in [1.29, 1.82) is 0 Å². The van der Waals surface area contributed by atoms with Crippen LogP contribution in [0, 0.1) is 0 Å². The van der Waals surface area contributed by atoms with E-state index in [9.17, 15) is 0 Å². The zero-order valence-electron chi connectivity index (χ0n) is 12.3. The van der Waals surface area contributed by atoms with Crippen LogP contribution in [-0.4, -0.2) is 12.0 Å². The van der Waals surface area contributed by atoms with Gasteiger partial charge in [-0.05, 0) is 36.0 Å². The van der Waals surface area contributed by atoms with Crippen LogP contribution >= 0.6 is 0 Å². The summed E-state index contributed by atoms with van der Waals surface area (Å²) in [5.74, 6) is 0. The second-order valence-electron chi connectivity index (χ2n) is 5.14. The summed E-state index contributed by atoms with van der Waals surface area (Å²) in [5.41, 5.74) is 8.61. The first-order chi connectivity index (χ1) is 10.9. The lowest BCUT2D eigenvalue weighted by Crippen LogP contribution is -1.74. The Labute approximate surface area is 127 Å². The third-order valence-corrected chi connectivity index (χ3v) is 4.01. The normalized spacial score (nSPS) is 11.2. The monoisotopic (exact) mass is 288 g/mol. The SMILES string of the molecule is CN.c1ccc2c(c1)ccc1[nH]c3c4ccccc4oc3c12. The fourth-order valence-corrected chi connectivity index (χ4v) is 3.10. The topological polar surface area (TPSA) is 55.0 Å². The molecule has 0 radical (unpaired) electrons. The summed E-state index contributed by atoms with van der Waals surface area (Å²) < 4.78 is 6.08. The second kappa shape index (κ2) is 4.90. The second-order valence-corrected chi connectivity index (χ2v) is 5.14. The summed E-state index contributed by atoms with van der Waals surface area (Å²) >= 11 is 0. The number of fused-ring (bicyclic) bond motifs is 7. The highest BCUT2D eigenvalue weighted by Gasteiger charge is 2.14. The fraction of sp³-hybridized carbons (Fsp3) is 0.0526. The van der Waals surface area contributed by atoms with Crippen molar-refractivity contribution in [2.24, 2.45) is 5.73 Å². The molecular weight excluding hydrogens is 272 g/mol. The lowest BCUT2D eigenvalue weighted by molar-refractivity contribution is 0.673. The van der Waals surface area contributed by atoms with Crippen LogP contribution in [-0.2, 0) is 0 Å². The molecule has 0 saturated heterocycles. The molecule has 0 aliphatic heterocycles. The molecule has 3 N–H and O–H groups in total. The van der Waals surface area contributed by atoms with Crippen LogP contribution in [0.5, 0.6) is 0 Å². The van der Waals surface area contributed by atoms with E-state index in [4.69, 9.17) is 4.42 Å². The van der Waals surface area contributed by atoms with Gasteiger partial charge in [0.25, 0.3) is 0 Å². The number of aromatic amines is 1. The number of nitrogens with two attached hydrogens (primary N) is 1. The van der Waals surface area contributed by atoms with E-state index in [1.165, 1.54) is 23.2 Å². The molecular formula is C19H16N2O. The summed E-state index contributed by atoms with van der Waals surface area (Å²) in [6.45, 7) is 0. The summed E-state index contributed by atoms with van der Waals surface area (Å²) in [6, 6.07) is 20.9. The Hall–Kier alpha value is -2.78. The molecule has 2 aromatic heterocycles. The summed E-state index contributed by atoms with van der Waals surface area (Å²) in [4.78, 5) is 3.50. The van der Waals surface area contributed by atoms with Crippen molar-refractivity contribution in [1.82, 2.24) is 4.98 Å². The highest BCUT2D eigenvalue weighted by Crippen LogP contribution is 2.37. The molecule has 0 aliphatic carbocycles. The number of furan rings is 1. The number of rotatable bonds is 0. The highest BCUT2D eigenvalue weighted by atomic mass is 16.3. The predicted molar refractivity (Wildman–Crippen MR) is 93.2 cm³/mol. The Morgan fingerprint density at radius 3 is 2.41 bits per heavy atom. The van der Waals surface area contributed by atoms with E-state index in [1.807, 2.05) is 18.2 Å². The molecule has 0 unspecified atom stereocenters. The minimum atomic E-state index is 0.934. The molecule has 5 aromatic rings. The summed E-state index contributed by atoms with van der Waals surface area (Å²) in [6.07, 6.45) is 0. The molecule has 22 heavy (non-hydrogen) atoms. The maximum Gasteiger partial charge on any atom is 0.161 e. The number of para-hydroxylation sites is 1. The Bertz CT molecular complexity index is 1100. The third-order valence-electron chi connectivity index (χ3n) is 4.01. The highest BCUT2D eigenvalue weighted by molar-refractivity contribution is 6.22. The van der Waals surface area contributed by atoms with E-state index in [0.717, 1.165) is 27.6 Å². The molecule has 2 heterocycles. The summed E-state index contributed by atoms with van der Waals surface area (Å²) in [5, 5.41) is 4.79. The van der Waals surface area contributed by atoms with Crippen LogP contribution in [0.3, 0.4) is 0 Å². The van der Waals surface area contributed by atoms with Crippen molar-refractivity contribution >= 4 is 43.7 Å². The van der Waals surface area contributed by atoms with E-state index in [2.05, 4.69) is 53.2 Å². The molecule has 0 amide bonds. The van der Waals surface area contributed by atoms with E-state index in [-0.39, 0.29) is 0 Å². The average Bonchev–Trinajstić information content (AvgIpc) is 3.12. The van der Waals surface area contributed by atoms with Crippen molar-refractivity contribution in [3.8, 4) is 0 Å². The van der Waals surface area contributed by atoms with Crippen LogP contribution in [0.2, 0.25) is 0 Å². The number of hydrogen-bond donors (Lipinski definition) is 2. The first-order valence-corrected chi connectivity index (χ1v) is 7.30. The van der Waals surface area contributed by atoms with Gasteiger partial charge in [0, 0.05) is 5.39 Å². The molecule has 0 fully saturated rings. The van der Waals surface area contributed by atoms with Crippen molar-refractivity contribution < 1.29 is 4.42 Å². The molecule has 0 spiro atoms. The Morgan fingerprint density at radius 1 is 0.818 bits per heavy atom. The molecule has 108 valence electrons. The zero-order chi connectivity index (χ0) is 15.1. The van der Waals surface area contributed by atoms with Gasteiger partial charge < -0.3 is 15.1 Å². The van der Waals surface area contributed by atoms with Crippen molar-refractivity contribution in [2.75, 3.05) is 7.05 Å². The van der Waals surface area contributed by atoms with Gasteiger partial charge in [-0.3, -0.25) is 0 Å². The Balaban J connectivity index is 0.000000602. The van der Waals surface area contributed by atoms with Crippen LogP contribution in [0.1, 0.15) is 0 Å². The molecule has 3 aromatic carbocycles. The van der Waals surface area contributed by atoms with Crippen molar-refractivity contribution in [3.63, 3.8) is 0 Å². The van der Waals surface area contributed by atoms with Crippen molar-refractivity contribution in [3.05, 3.63) is 60.7 Å². The lowest BCUT2D eigenvalue weighted by Gasteiger charge is -1.98.